The zero-order valence-corrected chi connectivity index (χ0v) is 16.2. The molecule has 2 atom stereocenters. The van der Waals surface area contributed by atoms with Gasteiger partial charge in [0.1, 0.15) is 12.6 Å². The van der Waals surface area contributed by atoms with Gasteiger partial charge in [-0.3, -0.25) is 4.79 Å². The molecule has 0 radical (unpaired) electrons. The van der Waals surface area contributed by atoms with Crippen molar-refractivity contribution in [1.29, 1.82) is 0 Å². The highest BCUT2D eigenvalue weighted by Crippen LogP contribution is 2.10. The van der Waals surface area contributed by atoms with Crippen molar-refractivity contribution in [2.75, 3.05) is 0 Å². The molecule has 27 heavy (non-hydrogen) atoms. The number of benzene rings is 2. The molecule has 0 spiro atoms. The van der Waals surface area contributed by atoms with Crippen LogP contribution >= 0.6 is 0 Å². The third-order valence-corrected chi connectivity index (χ3v) is 4.57. The van der Waals surface area contributed by atoms with Crippen LogP contribution in [0.15, 0.2) is 54.6 Å². The van der Waals surface area contributed by atoms with E-state index in [-0.39, 0.29) is 18.4 Å². The molecule has 2 rings (SSSR count). The van der Waals surface area contributed by atoms with Crippen LogP contribution in [-0.4, -0.2) is 18.0 Å². The van der Waals surface area contributed by atoms with Crippen molar-refractivity contribution in [3.8, 4) is 0 Å². The molecule has 0 unspecified atom stereocenters. The Morgan fingerprint density at radius 3 is 2.30 bits per heavy atom. The minimum Gasteiger partial charge on any atom is -0.445 e. The van der Waals surface area contributed by atoms with Gasteiger partial charge in [0.25, 0.3) is 0 Å². The first-order valence-electron chi connectivity index (χ1n) is 9.30. The SMILES string of the molecule is CC[C@H](C)[C@H](NC(=O)OCc1ccccc1)C(=O)NCc1ccc(C)cc1. The van der Waals surface area contributed by atoms with E-state index in [9.17, 15) is 9.59 Å². The summed E-state index contributed by atoms with van der Waals surface area (Å²) in [6, 6.07) is 16.8. The van der Waals surface area contributed by atoms with Crippen molar-refractivity contribution in [2.24, 2.45) is 5.92 Å². The minimum atomic E-state index is -0.635. The van der Waals surface area contributed by atoms with E-state index in [1.54, 1.807) is 0 Å². The van der Waals surface area contributed by atoms with Crippen LogP contribution in [0.4, 0.5) is 4.79 Å². The number of carbonyl (C=O) groups excluding carboxylic acids is 2. The average molecular weight is 368 g/mol. The standard InChI is InChI=1S/C22H28N2O3/c1-4-17(3)20(21(25)23-14-18-12-10-16(2)11-13-18)24-22(26)27-15-19-8-6-5-7-9-19/h5-13,17,20H,4,14-15H2,1-3H3,(H,23,25)(H,24,26)/t17-,20-/m0/s1. The van der Waals surface area contributed by atoms with Crippen LogP contribution in [0.1, 0.15) is 37.0 Å². The first kappa shape index (κ1) is 20.5. The van der Waals surface area contributed by atoms with Crippen molar-refractivity contribution in [3.05, 3.63) is 71.3 Å². The van der Waals surface area contributed by atoms with Gasteiger partial charge in [0.05, 0.1) is 0 Å². The van der Waals surface area contributed by atoms with E-state index in [1.165, 1.54) is 5.56 Å². The van der Waals surface area contributed by atoms with E-state index in [0.29, 0.717) is 6.54 Å². The van der Waals surface area contributed by atoms with E-state index >= 15 is 0 Å². The largest absolute Gasteiger partial charge is 0.445 e. The quantitative estimate of drug-likeness (QED) is 0.741. The molecule has 0 heterocycles. The Morgan fingerprint density at radius 1 is 1.00 bits per heavy atom. The number of amides is 2. The molecule has 0 aliphatic rings. The first-order chi connectivity index (χ1) is 13.0. The summed E-state index contributed by atoms with van der Waals surface area (Å²) in [4.78, 5) is 24.8. The summed E-state index contributed by atoms with van der Waals surface area (Å²) in [5, 5.41) is 5.61. The summed E-state index contributed by atoms with van der Waals surface area (Å²) in [6.45, 7) is 6.54. The molecule has 0 aromatic heterocycles. The molecule has 2 amide bonds. The molecule has 2 aromatic rings. The number of ether oxygens (including phenoxy) is 1. The summed E-state index contributed by atoms with van der Waals surface area (Å²) in [6.07, 6.45) is 0.177. The van der Waals surface area contributed by atoms with Gasteiger partial charge in [-0.25, -0.2) is 4.79 Å². The summed E-state index contributed by atoms with van der Waals surface area (Å²) < 4.78 is 5.25. The fourth-order valence-electron chi connectivity index (χ4n) is 2.60. The second-order valence-corrected chi connectivity index (χ2v) is 6.77. The smallest absolute Gasteiger partial charge is 0.408 e. The maximum absolute atomic E-state index is 12.6. The van der Waals surface area contributed by atoms with Crippen LogP contribution in [0, 0.1) is 12.8 Å². The maximum atomic E-state index is 12.6. The van der Waals surface area contributed by atoms with Crippen LogP contribution in [0.3, 0.4) is 0 Å². The van der Waals surface area contributed by atoms with Crippen LogP contribution in [0.25, 0.3) is 0 Å². The van der Waals surface area contributed by atoms with E-state index in [1.807, 2.05) is 75.4 Å². The van der Waals surface area contributed by atoms with Gasteiger partial charge in [0.2, 0.25) is 5.91 Å². The Hall–Kier alpha value is -2.82. The summed E-state index contributed by atoms with van der Waals surface area (Å²) >= 11 is 0. The third kappa shape index (κ3) is 6.77. The predicted molar refractivity (Wildman–Crippen MR) is 106 cm³/mol. The molecule has 0 fully saturated rings. The lowest BCUT2D eigenvalue weighted by atomic mass is 9.98. The molecule has 144 valence electrons. The van der Waals surface area contributed by atoms with Crippen LogP contribution in [-0.2, 0) is 22.7 Å². The Bertz CT molecular complexity index is 729. The second kappa shape index (κ2) is 10.4. The van der Waals surface area contributed by atoms with E-state index in [0.717, 1.165) is 17.5 Å². The number of alkyl carbamates (subject to hydrolysis) is 1. The summed E-state index contributed by atoms with van der Waals surface area (Å²) in [7, 11) is 0. The highest BCUT2D eigenvalue weighted by atomic mass is 16.5. The molecule has 2 N–H and O–H groups in total. The molecule has 0 aliphatic heterocycles. The first-order valence-corrected chi connectivity index (χ1v) is 9.30. The molecular formula is C22H28N2O3. The number of hydrogen-bond donors (Lipinski definition) is 2. The third-order valence-electron chi connectivity index (χ3n) is 4.57. The number of rotatable bonds is 8. The predicted octanol–water partition coefficient (Wildman–Crippen LogP) is 3.95. The maximum Gasteiger partial charge on any atom is 0.408 e. The molecule has 5 heteroatoms. The second-order valence-electron chi connectivity index (χ2n) is 6.77. The Kier molecular flexibility index (Phi) is 7.86. The van der Waals surface area contributed by atoms with Gasteiger partial charge in [-0.2, -0.15) is 0 Å². The average Bonchev–Trinajstić information content (AvgIpc) is 2.70. The van der Waals surface area contributed by atoms with Gasteiger partial charge < -0.3 is 15.4 Å². The minimum absolute atomic E-state index is 0.00714. The molecule has 0 saturated heterocycles. The molecule has 0 bridgehead atoms. The number of hydrogen-bond acceptors (Lipinski definition) is 3. The lowest BCUT2D eigenvalue weighted by Crippen LogP contribution is -2.50. The number of aryl methyl sites for hydroxylation is 1. The van der Waals surface area contributed by atoms with Crippen LogP contribution in [0.2, 0.25) is 0 Å². The van der Waals surface area contributed by atoms with Crippen molar-refractivity contribution >= 4 is 12.0 Å². The number of carbonyl (C=O) groups is 2. The van der Waals surface area contributed by atoms with Crippen LogP contribution in [0.5, 0.6) is 0 Å². The summed E-state index contributed by atoms with van der Waals surface area (Å²) in [5.74, 6) is -0.214. The highest BCUT2D eigenvalue weighted by molar-refractivity contribution is 5.85. The van der Waals surface area contributed by atoms with Gasteiger partial charge in [-0.1, -0.05) is 80.4 Å². The molecule has 0 aliphatic carbocycles. The van der Waals surface area contributed by atoms with Gasteiger partial charge in [0, 0.05) is 6.54 Å². The van der Waals surface area contributed by atoms with Gasteiger partial charge in [-0.15, -0.1) is 0 Å². The zero-order valence-electron chi connectivity index (χ0n) is 16.2. The van der Waals surface area contributed by atoms with E-state index < -0.39 is 12.1 Å². The van der Waals surface area contributed by atoms with Crippen molar-refractivity contribution in [1.82, 2.24) is 10.6 Å². The van der Waals surface area contributed by atoms with Crippen molar-refractivity contribution in [2.45, 2.75) is 46.4 Å². The Balaban J connectivity index is 1.89. The lowest BCUT2D eigenvalue weighted by Gasteiger charge is -2.23. The molecule has 5 nitrogen and oxygen atoms in total. The van der Waals surface area contributed by atoms with Gasteiger partial charge in [-0.05, 0) is 24.0 Å². The van der Waals surface area contributed by atoms with Crippen molar-refractivity contribution < 1.29 is 14.3 Å². The normalized spacial score (nSPS) is 12.7. The number of nitrogens with one attached hydrogen (secondary N) is 2. The molecule has 2 aromatic carbocycles. The van der Waals surface area contributed by atoms with E-state index in [2.05, 4.69) is 10.6 Å². The van der Waals surface area contributed by atoms with Gasteiger partial charge >= 0.3 is 6.09 Å². The summed E-state index contributed by atoms with van der Waals surface area (Å²) in [5.41, 5.74) is 3.09. The lowest BCUT2D eigenvalue weighted by molar-refractivity contribution is -0.124. The van der Waals surface area contributed by atoms with Crippen molar-refractivity contribution in [3.63, 3.8) is 0 Å². The topological polar surface area (TPSA) is 67.4 Å². The Morgan fingerprint density at radius 2 is 1.67 bits per heavy atom. The van der Waals surface area contributed by atoms with E-state index in [4.69, 9.17) is 4.74 Å². The molecule has 0 saturated carbocycles. The van der Waals surface area contributed by atoms with Crippen LogP contribution < -0.4 is 10.6 Å². The monoisotopic (exact) mass is 368 g/mol. The fourth-order valence-corrected chi connectivity index (χ4v) is 2.60. The molecular weight excluding hydrogens is 340 g/mol. The Labute approximate surface area is 161 Å². The highest BCUT2D eigenvalue weighted by Gasteiger charge is 2.26. The fraction of sp³-hybridized carbons (Fsp3) is 0.364. The van der Waals surface area contributed by atoms with Gasteiger partial charge in [0.15, 0.2) is 0 Å². The zero-order chi connectivity index (χ0) is 19.6.